The third kappa shape index (κ3) is 9.35. The summed E-state index contributed by atoms with van der Waals surface area (Å²) in [6.45, 7) is 35.7. The molecule has 9 heteroatoms. The van der Waals surface area contributed by atoms with Crippen molar-refractivity contribution in [2.75, 3.05) is 52.4 Å². The molecule has 2 N–H and O–H groups in total. The molecule has 275 valence electrons. The summed E-state index contributed by atoms with van der Waals surface area (Å²) in [4.78, 5) is 10.1. The van der Waals surface area contributed by atoms with Crippen LogP contribution >= 0.6 is 19.7 Å². The molecule has 0 spiro atoms. The van der Waals surface area contributed by atoms with E-state index in [1.807, 2.05) is 0 Å². The van der Waals surface area contributed by atoms with Gasteiger partial charge in [-0.25, -0.2) is 0 Å². The van der Waals surface area contributed by atoms with Crippen molar-refractivity contribution in [3.8, 4) is 11.5 Å². The second-order valence-electron chi connectivity index (χ2n) is 18.6. The molecular weight excluding hydrogens is 690 g/mol. The molecule has 4 aliphatic rings. The Bertz CT molecular complexity index is 1300. The number of hydrogen-bond acceptors (Lipinski definition) is 6. The van der Waals surface area contributed by atoms with Gasteiger partial charge in [0.25, 0.3) is 0 Å². The number of benzene rings is 2. The monoisotopic (exact) mass is 753 g/mol. The van der Waals surface area contributed by atoms with Crippen LogP contribution in [0.2, 0.25) is 0 Å². The first-order chi connectivity index (χ1) is 22.6. The van der Waals surface area contributed by atoms with Gasteiger partial charge in [-0.2, -0.15) is 0 Å². The first-order valence-corrected chi connectivity index (χ1v) is 22.1. The molecule has 6 rings (SSSR count). The Kier molecular flexibility index (Phi) is 13.0. The Labute approximate surface area is 313 Å². The molecule has 4 aliphatic heterocycles. The van der Waals surface area contributed by atoms with Crippen LogP contribution in [-0.2, 0) is 36.0 Å². The Morgan fingerprint density at radius 2 is 0.755 bits per heavy atom. The molecule has 4 heterocycles. The summed E-state index contributed by atoms with van der Waals surface area (Å²) in [6.07, 6.45) is 2.99. The molecule has 0 aliphatic carbocycles. The van der Waals surface area contributed by atoms with Crippen LogP contribution in [0.3, 0.4) is 0 Å². The summed E-state index contributed by atoms with van der Waals surface area (Å²) in [5.74, 6) is 1.02. The molecule has 4 bridgehead atoms. The fourth-order valence-corrected chi connectivity index (χ4v) is 7.86. The van der Waals surface area contributed by atoms with Gasteiger partial charge < -0.3 is 10.2 Å². The van der Waals surface area contributed by atoms with Gasteiger partial charge >= 0.3 is 34.1 Å². The van der Waals surface area contributed by atoms with Gasteiger partial charge in [0.05, 0.1) is 12.3 Å². The van der Waals surface area contributed by atoms with Crippen LogP contribution in [0.15, 0.2) is 24.3 Å². The minimum atomic E-state index is -0.368. The van der Waals surface area contributed by atoms with Crippen LogP contribution < -0.4 is 0 Å². The van der Waals surface area contributed by atoms with Crippen molar-refractivity contribution in [1.82, 2.24) is 19.6 Å². The topological polar surface area (TPSA) is 53.4 Å². The zero-order valence-electron chi connectivity index (χ0n) is 32.4. The number of rotatable bonds is 2. The molecule has 6 nitrogen and oxygen atoms in total. The van der Waals surface area contributed by atoms with Crippen molar-refractivity contribution in [2.24, 2.45) is 0 Å². The van der Waals surface area contributed by atoms with Gasteiger partial charge in [-0.1, -0.05) is 95.2 Å². The van der Waals surface area contributed by atoms with Crippen molar-refractivity contribution >= 4 is 19.7 Å². The minimum absolute atomic E-state index is 0.0571. The molecule has 2 aromatic rings. The third-order valence-electron chi connectivity index (χ3n) is 10.7. The average Bonchev–Trinajstić information content (AvgIpc) is 3.35. The number of phenols is 2. The van der Waals surface area contributed by atoms with Crippen LogP contribution in [-0.4, -0.2) is 82.2 Å². The molecule has 0 saturated carbocycles. The zero-order chi connectivity index (χ0) is 36.7. The van der Waals surface area contributed by atoms with Crippen LogP contribution in [0.25, 0.3) is 0 Å². The molecule has 4 atom stereocenters. The fourth-order valence-electron chi connectivity index (χ4n) is 7.86. The van der Waals surface area contributed by atoms with Crippen molar-refractivity contribution in [3.05, 3.63) is 57.6 Å². The summed E-state index contributed by atoms with van der Waals surface area (Å²) in [5.41, 5.74) is 7.07. The predicted octanol–water partition coefficient (Wildman–Crippen LogP) is 9.39. The summed E-state index contributed by atoms with van der Waals surface area (Å²) in [7, 11) is 9.72. The van der Waals surface area contributed by atoms with Gasteiger partial charge in [0.1, 0.15) is 11.5 Å². The van der Waals surface area contributed by atoms with Crippen molar-refractivity contribution < 1.29 is 24.6 Å². The Hall–Kier alpha value is -0.956. The standard InChI is InChI=1S/2C20H32N2O.2ClH.V/c2*1-19(2,3)14-12-15(17(23)16(13-14)20(4,5)6)18-21-8-7-9-22(18)11-10-21;;;/h2*12-13,18,23H,7-11H2,1-6H3;2*1H;/q;;;;+2/p-2. The van der Waals surface area contributed by atoms with E-state index in [2.05, 4.69) is 127 Å². The predicted molar refractivity (Wildman–Crippen MR) is 204 cm³/mol. The first kappa shape index (κ1) is 40.8. The van der Waals surface area contributed by atoms with E-state index < -0.39 is 0 Å². The number of aromatic hydroxyl groups is 2. The molecule has 2 aromatic carbocycles. The van der Waals surface area contributed by atoms with E-state index in [1.165, 1.54) is 24.0 Å². The fraction of sp³-hybridized carbons (Fsp3) is 0.700. The van der Waals surface area contributed by atoms with Crippen LogP contribution in [0.1, 0.15) is 142 Å². The maximum atomic E-state index is 11.1. The summed E-state index contributed by atoms with van der Waals surface area (Å²) in [6, 6.07) is 8.94. The maximum absolute atomic E-state index is 11.1. The van der Waals surface area contributed by atoms with Crippen molar-refractivity contribution in [2.45, 2.75) is 130 Å². The Morgan fingerprint density at radius 1 is 0.490 bits per heavy atom. The third-order valence-corrected chi connectivity index (χ3v) is 10.7. The van der Waals surface area contributed by atoms with Crippen molar-refractivity contribution in [1.29, 1.82) is 0 Å². The van der Waals surface area contributed by atoms with Crippen LogP contribution in [0.5, 0.6) is 11.5 Å². The second-order valence-corrected chi connectivity index (χ2v) is 20.9. The van der Waals surface area contributed by atoms with Gasteiger partial charge in [-0.15, -0.1) is 0 Å². The van der Waals surface area contributed by atoms with E-state index in [0.29, 0.717) is 11.5 Å². The molecule has 4 saturated heterocycles. The molecule has 0 radical (unpaired) electrons. The van der Waals surface area contributed by atoms with Crippen molar-refractivity contribution in [3.63, 3.8) is 0 Å². The van der Waals surface area contributed by atoms with E-state index in [-0.39, 0.29) is 48.4 Å². The van der Waals surface area contributed by atoms with Crippen LogP contribution in [0.4, 0.5) is 0 Å². The van der Waals surface area contributed by atoms with Crippen LogP contribution in [0, 0.1) is 0 Å². The first-order valence-electron chi connectivity index (χ1n) is 18.2. The number of phenolic OH excluding ortho intramolecular Hbond substituents is 2. The Balaban J connectivity index is 0.000000205. The Morgan fingerprint density at radius 3 is 0.980 bits per heavy atom. The zero-order valence-corrected chi connectivity index (χ0v) is 35.3. The summed E-state index contributed by atoms with van der Waals surface area (Å²) >= 11 is -0.368. The second kappa shape index (κ2) is 15.6. The van der Waals surface area contributed by atoms with Gasteiger partial charge in [0.15, 0.2) is 0 Å². The molecule has 0 amide bonds. The van der Waals surface area contributed by atoms with E-state index in [1.54, 1.807) is 0 Å². The van der Waals surface area contributed by atoms with E-state index in [0.717, 1.165) is 74.6 Å². The molecule has 4 fully saturated rings. The number of nitrogens with zero attached hydrogens (tertiary/aromatic N) is 4. The summed E-state index contributed by atoms with van der Waals surface area (Å²) < 4.78 is 0. The van der Waals surface area contributed by atoms with E-state index >= 15 is 0 Å². The van der Waals surface area contributed by atoms with Gasteiger partial charge in [-0.3, -0.25) is 19.6 Å². The normalized spacial score (nSPS) is 26.7. The molecule has 0 aromatic heterocycles. The SMILES string of the molecule is CC(C)(C)c1cc(C2N3CCCN2CC3)c(O)c(C(C)(C)C)c1.CC(C)(C)c1cc(C2N3CCCN2CC3)c(O)c(C(C)(C)C)c1.[Cl][V][Cl]. The molecule has 49 heavy (non-hydrogen) atoms. The molecule has 4 unspecified atom stereocenters. The van der Waals surface area contributed by atoms with Gasteiger partial charge in [0.2, 0.25) is 0 Å². The van der Waals surface area contributed by atoms with Gasteiger partial charge in [0, 0.05) is 63.5 Å². The molecular formula is C40H64Cl2N4O2V. The van der Waals surface area contributed by atoms with Gasteiger partial charge in [-0.05, 0) is 68.9 Å². The number of hydrogen-bond donors (Lipinski definition) is 2. The van der Waals surface area contributed by atoms with E-state index in [9.17, 15) is 10.2 Å². The average molecular weight is 755 g/mol. The quantitative estimate of drug-likeness (QED) is 0.319. The summed E-state index contributed by atoms with van der Waals surface area (Å²) in [5, 5.41) is 22.2. The van der Waals surface area contributed by atoms with E-state index in [4.69, 9.17) is 19.7 Å². The number of fused-ring (bicyclic) bond motifs is 4. The number of halogens is 2.